The van der Waals surface area contributed by atoms with E-state index in [0.29, 0.717) is 5.56 Å². The van der Waals surface area contributed by atoms with E-state index in [9.17, 15) is 27.5 Å². The van der Waals surface area contributed by atoms with Crippen molar-refractivity contribution in [2.45, 2.75) is 19.3 Å². The quantitative estimate of drug-likeness (QED) is 0.513. The van der Waals surface area contributed by atoms with Crippen molar-refractivity contribution in [3.8, 4) is 11.3 Å². The molecule has 0 radical (unpaired) electrons. The standard InChI is InChI=1S/C21H15F4N3O2/c22-15-6-3-5-13(10-15)18-16(12-29)19-20(30)27(8-9-28(19)26-18)11-14-4-1-2-7-17(14)21(23,24)25/h1-10,29H,11-12H2. The van der Waals surface area contributed by atoms with Crippen LogP contribution in [0.25, 0.3) is 16.8 Å². The number of aliphatic hydroxyl groups excluding tert-OH is 1. The van der Waals surface area contributed by atoms with E-state index in [1.54, 1.807) is 6.07 Å². The molecule has 0 bridgehead atoms. The van der Waals surface area contributed by atoms with Crippen LogP contribution in [0.5, 0.6) is 0 Å². The van der Waals surface area contributed by atoms with Crippen LogP contribution in [0, 0.1) is 5.82 Å². The fourth-order valence-corrected chi connectivity index (χ4v) is 3.41. The molecule has 0 aliphatic carbocycles. The lowest BCUT2D eigenvalue weighted by Crippen LogP contribution is -2.24. The van der Waals surface area contributed by atoms with Crippen molar-refractivity contribution >= 4 is 5.52 Å². The summed E-state index contributed by atoms with van der Waals surface area (Å²) in [4.78, 5) is 13.0. The highest BCUT2D eigenvalue weighted by molar-refractivity contribution is 5.72. The van der Waals surface area contributed by atoms with Gasteiger partial charge in [0.2, 0.25) is 0 Å². The number of nitrogens with zero attached hydrogens (tertiary/aromatic N) is 3. The Balaban J connectivity index is 1.86. The van der Waals surface area contributed by atoms with Crippen molar-refractivity contribution in [3.63, 3.8) is 0 Å². The molecule has 0 unspecified atom stereocenters. The van der Waals surface area contributed by atoms with Gasteiger partial charge in [-0.05, 0) is 23.8 Å². The molecule has 0 saturated carbocycles. The Labute approximate surface area is 167 Å². The molecule has 1 N–H and O–H groups in total. The second kappa shape index (κ2) is 7.42. The lowest BCUT2D eigenvalue weighted by atomic mass is 10.1. The number of hydrogen-bond acceptors (Lipinski definition) is 3. The fourth-order valence-electron chi connectivity index (χ4n) is 3.41. The molecule has 2 aromatic carbocycles. The van der Waals surface area contributed by atoms with Gasteiger partial charge in [-0.2, -0.15) is 18.3 Å². The highest BCUT2D eigenvalue weighted by atomic mass is 19.4. The Morgan fingerprint density at radius 1 is 1.03 bits per heavy atom. The van der Waals surface area contributed by atoms with Crippen molar-refractivity contribution in [1.82, 2.24) is 14.2 Å². The summed E-state index contributed by atoms with van der Waals surface area (Å²) in [6.07, 6.45) is -1.82. The van der Waals surface area contributed by atoms with Gasteiger partial charge < -0.3 is 9.67 Å². The minimum absolute atomic E-state index is 0.0174. The molecule has 0 fully saturated rings. The molecular weight excluding hydrogens is 402 g/mol. The lowest BCUT2D eigenvalue weighted by molar-refractivity contribution is -0.138. The number of halogens is 4. The van der Waals surface area contributed by atoms with Gasteiger partial charge in [-0.25, -0.2) is 8.91 Å². The van der Waals surface area contributed by atoms with Gasteiger partial charge in [0, 0.05) is 23.5 Å². The minimum Gasteiger partial charge on any atom is -0.392 e. The minimum atomic E-state index is -4.55. The van der Waals surface area contributed by atoms with E-state index in [4.69, 9.17) is 0 Å². The van der Waals surface area contributed by atoms with Crippen LogP contribution >= 0.6 is 0 Å². The first-order valence-electron chi connectivity index (χ1n) is 8.92. The topological polar surface area (TPSA) is 59.5 Å². The van der Waals surface area contributed by atoms with Gasteiger partial charge >= 0.3 is 6.18 Å². The van der Waals surface area contributed by atoms with Crippen LogP contribution in [0.3, 0.4) is 0 Å². The molecule has 0 saturated heterocycles. The summed E-state index contributed by atoms with van der Waals surface area (Å²) in [6, 6.07) is 10.5. The van der Waals surface area contributed by atoms with Crippen LogP contribution in [-0.4, -0.2) is 19.3 Å². The van der Waals surface area contributed by atoms with E-state index in [-0.39, 0.29) is 28.9 Å². The first-order chi connectivity index (χ1) is 14.3. The lowest BCUT2D eigenvalue weighted by Gasteiger charge is -2.14. The third-order valence-corrected chi connectivity index (χ3v) is 4.78. The van der Waals surface area contributed by atoms with Crippen LogP contribution in [0.4, 0.5) is 17.6 Å². The Kier molecular flexibility index (Phi) is 4.90. The maximum atomic E-state index is 13.6. The second-order valence-electron chi connectivity index (χ2n) is 6.67. The summed E-state index contributed by atoms with van der Waals surface area (Å²) >= 11 is 0. The summed E-state index contributed by atoms with van der Waals surface area (Å²) in [7, 11) is 0. The third-order valence-electron chi connectivity index (χ3n) is 4.78. The molecule has 154 valence electrons. The van der Waals surface area contributed by atoms with Crippen LogP contribution in [0.1, 0.15) is 16.7 Å². The summed E-state index contributed by atoms with van der Waals surface area (Å²) < 4.78 is 55.8. The number of hydrogen-bond donors (Lipinski definition) is 1. The Bertz CT molecular complexity index is 1290. The molecule has 0 atom stereocenters. The van der Waals surface area contributed by atoms with Crippen LogP contribution in [-0.2, 0) is 19.3 Å². The normalized spacial score (nSPS) is 11.9. The van der Waals surface area contributed by atoms with E-state index >= 15 is 0 Å². The predicted octanol–water partition coefficient (Wildman–Crippen LogP) is 3.86. The average Bonchev–Trinajstić information content (AvgIpc) is 3.09. The van der Waals surface area contributed by atoms with Gasteiger partial charge in [0.05, 0.1) is 24.4 Å². The molecule has 0 aliphatic rings. The Hall–Kier alpha value is -3.46. The van der Waals surface area contributed by atoms with Crippen molar-refractivity contribution in [2.75, 3.05) is 0 Å². The number of benzene rings is 2. The number of aromatic nitrogens is 3. The molecule has 9 heteroatoms. The fraction of sp³-hybridized carbons (Fsp3) is 0.143. The highest BCUT2D eigenvalue weighted by Gasteiger charge is 2.33. The van der Waals surface area contributed by atoms with Crippen LogP contribution in [0.2, 0.25) is 0 Å². The van der Waals surface area contributed by atoms with Gasteiger partial charge in [0.1, 0.15) is 11.3 Å². The molecule has 30 heavy (non-hydrogen) atoms. The van der Waals surface area contributed by atoms with Crippen molar-refractivity contribution < 1.29 is 22.7 Å². The van der Waals surface area contributed by atoms with Crippen LogP contribution in [0.15, 0.2) is 65.7 Å². The molecular formula is C21H15F4N3O2. The SMILES string of the molecule is O=c1c2c(CO)c(-c3cccc(F)c3)nn2ccn1Cc1ccccc1C(F)(F)F. The maximum Gasteiger partial charge on any atom is 0.416 e. The molecule has 4 rings (SSSR count). The molecule has 2 aromatic heterocycles. The number of alkyl halides is 3. The number of rotatable bonds is 4. The summed E-state index contributed by atoms with van der Waals surface area (Å²) in [5.41, 5.74) is -0.722. The van der Waals surface area contributed by atoms with E-state index in [0.717, 1.165) is 10.6 Å². The van der Waals surface area contributed by atoms with Gasteiger partial charge in [-0.1, -0.05) is 30.3 Å². The molecule has 0 amide bonds. The molecule has 2 heterocycles. The van der Waals surface area contributed by atoms with Gasteiger partial charge in [0.15, 0.2) is 0 Å². The van der Waals surface area contributed by atoms with E-state index < -0.39 is 29.7 Å². The molecule has 0 aliphatic heterocycles. The van der Waals surface area contributed by atoms with Crippen molar-refractivity contribution in [3.05, 3.63) is 93.8 Å². The van der Waals surface area contributed by atoms with Gasteiger partial charge in [-0.15, -0.1) is 0 Å². The Morgan fingerprint density at radius 2 is 1.80 bits per heavy atom. The second-order valence-corrected chi connectivity index (χ2v) is 6.67. The summed E-state index contributed by atoms with van der Waals surface area (Å²) in [5, 5.41) is 14.1. The average molecular weight is 417 g/mol. The van der Waals surface area contributed by atoms with Crippen molar-refractivity contribution in [2.24, 2.45) is 0 Å². The van der Waals surface area contributed by atoms with Crippen LogP contribution < -0.4 is 5.56 Å². The zero-order valence-electron chi connectivity index (χ0n) is 15.4. The van der Waals surface area contributed by atoms with E-state index in [1.807, 2.05) is 0 Å². The maximum absolute atomic E-state index is 13.6. The first kappa shape index (κ1) is 19.8. The Morgan fingerprint density at radius 3 is 2.50 bits per heavy atom. The van der Waals surface area contributed by atoms with E-state index in [2.05, 4.69) is 5.10 Å². The highest BCUT2D eigenvalue weighted by Crippen LogP contribution is 2.32. The molecule has 0 spiro atoms. The van der Waals surface area contributed by atoms with Crippen molar-refractivity contribution in [1.29, 1.82) is 0 Å². The summed E-state index contributed by atoms with van der Waals surface area (Å²) in [6.45, 7) is -0.857. The third kappa shape index (κ3) is 3.48. The smallest absolute Gasteiger partial charge is 0.392 e. The zero-order chi connectivity index (χ0) is 21.5. The molecule has 4 aromatic rings. The van der Waals surface area contributed by atoms with Gasteiger partial charge in [-0.3, -0.25) is 4.79 Å². The van der Waals surface area contributed by atoms with Gasteiger partial charge in [0.25, 0.3) is 5.56 Å². The number of fused-ring (bicyclic) bond motifs is 1. The first-order valence-corrected chi connectivity index (χ1v) is 8.92. The summed E-state index contributed by atoms with van der Waals surface area (Å²) in [5.74, 6) is -0.505. The van der Waals surface area contributed by atoms with E-state index in [1.165, 1.54) is 53.3 Å². The number of aliphatic hydroxyl groups is 1. The predicted molar refractivity (Wildman–Crippen MR) is 101 cm³/mol. The molecule has 5 nitrogen and oxygen atoms in total. The largest absolute Gasteiger partial charge is 0.416 e. The zero-order valence-corrected chi connectivity index (χ0v) is 15.4. The monoisotopic (exact) mass is 417 g/mol.